The second kappa shape index (κ2) is 9.75. The van der Waals surface area contributed by atoms with E-state index in [1.165, 1.54) is 11.1 Å². The number of aromatic nitrogens is 3. The summed E-state index contributed by atoms with van der Waals surface area (Å²) >= 11 is 0. The van der Waals surface area contributed by atoms with Gasteiger partial charge in [0.1, 0.15) is 11.3 Å². The van der Waals surface area contributed by atoms with Gasteiger partial charge in [-0.1, -0.05) is 12.1 Å². The Hall–Kier alpha value is -3.69. The minimum Gasteiger partial charge on any atom is -0.479 e. The lowest BCUT2D eigenvalue weighted by Gasteiger charge is -2.33. The fourth-order valence-electron chi connectivity index (χ4n) is 5.45. The van der Waals surface area contributed by atoms with Crippen molar-refractivity contribution in [3.8, 4) is 5.88 Å². The molecule has 8 nitrogen and oxygen atoms in total. The van der Waals surface area contributed by atoms with Gasteiger partial charge >= 0.3 is 0 Å². The minimum absolute atomic E-state index is 0.193. The SMILES string of the molecule is COc1nccc2c3ncc(/C(=C(\C)N)N(C)N)cc3n(C(c3cccc(F)c3)C3CCOCC3)c12. The molecule has 0 bridgehead atoms. The highest BCUT2D eigenvalue weighted by Gasteiger charge is 2.32. The maximum atomic E-state index is 14.5. The Morgan fingerprint density at radius 2 is 2.00 bits per heavy atom. The Labute approximate surface area is 209 Å². The van der Waals surface area contributed by atoms with Crippen LogP contribution in [0.2, 0.25) is 0 Å². The predicted molar refractivity (Wildman–Crippen MR) is 138 cm³/mol. The summed E-state index contributed by atoms with van der Waals surface area (Å²) in [5.41, 5.74) is 11.6. The van der Waals surface area contributed by atoms with Crippen LogP contribution in [0.25, 0.3) is 27.6 Å². The largest absolute Gasteiger partial charge is 0.479 e. The zero-order valence-corrected chi connectivity index (χ0v) is 20.7. The zero-order valence-electron chi connectivity index (χ0n) is 20.7. The molecule has 4 N–H and O–H groups in total. The maximum absolute atomic E-state index is 14.5. The van der Waals surface area contributed by atoms with Gasteiger partial charge in [0.15, 0.2) is 0 Å². The van der Waals surface area contributed by atoms with Crippen molar-refractivity contribution in [2.45, 2.75) is 25.8 Å². The Bertz CT molecular complexity index is 1440. The lowest BCUT2D eigenvalue weighted by molar-refractivity contribution is 0.0552. The van der Waals surface area contributed by atoms with Crippen LogP contribution >= 0.6 is 0 Å². The number of methoxy groups -OCH3 is 1. The Morgan fingerprint density at radius 1 is 1.22 bits per heavy atom. The van der Waals surface area contributed by atoms with Gasteiger partial charge in [-0.05, 0) is 55.5 Å². The van der Waals surface area contributed by atoms with Gasteiger partial charge in [-0.25, -0.2) is 15.2 Å². The molecule has 188 valence electrons. The number of hydrazine groups is 1. The molecule has 0 aliphatic carbocycles. The second-order valence-corrected chi connectivity index (χ2v) is 9.27. The van der Waals surface area contributed by atoms with Gasteiger partial charge in [-0.3, -0.25) is 4.98 Å². The molecule has 1 saturated heterocycles. The summed E-state index contributed by atoms with van der Waals surface area (Å²) in [5.74, 6) is 6.55. The molecule has 9 heteroatoms. The number of nitrogens with zero attached hydrogens (tertiary/aromatic N) is 4. The first-order chi connectivity index (χ1) is 17.4. The predicted octanol–water partition coefficient (Wildman–Crippen LogP) is 4.20. The van der Waals surface area contributed by atoms with Crippen LogP contribution in [0.15, 0.2) is 54.5 Å². The number of hydrogen-bond donors (Lipinski definition) is 2. The topological polar surface area (TPSA) is 104 Å². The number of halogens is 1. The molecule has 3 aromatic heterocycles. The number of hydrogen-bond acceptors (Lipinski definition) is 7. The summed E-state index contributed by atoms with van der Waals surface area (Å²) in [6.07, 6.45) is 5.18. The van der Waals surface area contributed by atoms with E-state index in [1.807, 2.05) is 25.1 Å². The van der Waals surface area contributed by atoms with Crippen LogP contribution in [0.3, 0.4) is 0 Å². The van der Waals surface area contributed by atoms with Gasteiger partial charge in [0.2, 0.25) is 5.88 Å². The lowest BCUT2D eigenvalue weighted by atomic mass is 9.86. The van der Waals surface area contributed by atoms with Gasteiger partial charge in [0, 0.05) is 49.3 Å². The number of benzene rings is 1. The molecule has 1 aliphatic heterocycles. The first kappa shape index (κ1) is 24.0. The van der Waals surface area contributed by atoms with E-state index >= 15 is 0 Å². The molecule has 0 saturated carbocycles. The molecule has 1 fully saturated rings. The Kier molecular flexibility index (Phi) is 6.51. The van der Waals surface area contributed by atoms with Crippen molar-refractivity contribution in [3.63, 3.8) is 0 Å². The first-order valence-electron chi connectivity index (χ1n) is 12.0. The van der Waals surface area contributed by atoms with Crippen LogP contribution < -0.4 is 16.3 Å². The van der Waals surface area contributed by atoms with Crippen LogP contribution in [0.5, 0.6) is 5.88 Å². The molecule has 1 aliphatic rings. The van der Waals surface area contributed by atoms with E-state index in [1.54, 1.807) is 38.7 Å². The number of ether oxygens (including phenoxy) is 2. The van der Waals surface area contributed by atoms with E-state index in [9.17, 15) is 4.39 Å². The van der Waals surface area contributed by atoms with E-state index in [-0.39, 0.29) is 17.8 Å². The maximum Gasteiger partial charge on any atom is 0.238 e. The number of rotatable bonds is 6. The van der Waals surface area contributed by atoms with Crippen LogP contribution in [0.1, 0.15) is 36.9 Å². The van der Waals surface area contributed by atoms with Gasteiger partial charge in [0.25, 0.3) is 0 Å². The van der Waals surface area contributed by atoms with E-state index in [0.717, 1.165) is 45.9 Å². The van der Waals surface area contributed by atoms with E-state index in [2.05, 4.69) is 9.55 Å². The summed E-state index contributed by atoms with van der Waals surface area (Å²) in [6, 6.07) is 10.6. The summed E-state index contributed by atoms with van der Waals surface area (Å²) in [7, 11) is 3.35. The summed E-state index contributed by atoms with van der Waals surface area (Å²) < 4.78 is 28.2. The van der Waals surface area contributed by atoms with Crippen LogP contribution in [0.4, 0.5) is 4.39 Å². The molecule has 0 spiro atoms. The van der Waals surface area contributed by atoms with Crippen molar-refractivity contribution in [1.82, 2.24) is 19.5 Å². The van der Waals surface area contributed by atoms with Gasteiger partial charge in [0.05, 0.1) is 29.9 Å². The molecule has 0 amide bonds. The third-order valence-electron chi connectivity index (χ3n) is 6.89. The monoisotopic (exact) mass is 490 g/mol. The number of fused-ring (bicyclic) bond motifs is 3. The van der Waals surface area contributed by atoms with Gasteiger partial charge in [-0.2, -0.15) is 0 Å². The van der Waals surface area contributed by atoms with Gasteiger partial charge < -0.3 is 24.8 Å². The number of allylic oxidation sites excluding steroid dienone is 1. The molecular weight excluding hydrogens is 459 g/mol. The van der Waals surface area contributed by atoms with Crippen LogP contribution in [-0.2, 0) is 4.74 Å². The molecule has 36 heavy (non-hydrogen) atoms. The normalized spacial score (nSPS) is 16.2. The fraction of sp³-hybridized carbons (Fsp3) is 0.333. The fourth-order valence-corrected chi connectivity index (χ4v) is 5.45. The Morgan fingerprint density at radius 3 is 2.67 bits per heavy atom. The van der Waals surface area contributed by atoms with Crippen LogP contribution in [0, 0.1) is 11.7 Å². The van der Waals surface area contributed by atoms with Crippen molar-refractivity contribution < 1.29 is 13.9 Å². The van der Waals surface area contributed by atoms with Crippen molar-refractivity contribution in [2.24, 2.45) is 17.5 Å². The molecule has 0 radical (unpaired) electrons. The lowest BCUT2D eigenvalue weighted by Crippen LogP contribution is -2.27. The molecule has 1 unspecified atom stereocenters. The van der Waals surface area contributed by atoms with E-state index < -0.39 is 0 Å². The second-order valence-electron chi connectivity index (χ2n) is 9.27. The summed E-state index contributed by atoms with van der Waals surface area (Å²) in [6.45, 7) is 3.12. The van der Waals surface area contributed by atoms with Crippen molar-refractivity contribution in [2.75, 3.05) is 27.4 Å². The van der Waals surface area contributed by atoms with Crippen molar-refractivity contribution in [1.29, 1.82) is 0 Å². The standard InChI is InChI=1S/C27H31FN6O2/c1-16(29)24(33(2)30)19-14-22-23(32-15-19)21-7-10-31-27(35-3)26(21)34(22)25(17-8-11-36-12-9-17)18-5-4-6-20(28)13-18/h4-7,10,13-15,17,25H,8-9,11-12,29-30H2,1-3H3/b24-16-. The molecular formula is C27H31FN6O2. The third-order valence-corrected chi connectivity index (χ3v) is 6.89. The molecule has 1 atom stereocenters. The molecule has 5 rings (SSSR count). The third kappa shape index (κ3) is 4.14. The highest BCUT2D eigenvalue weighted by atomic mass is 19.1. The smallest absolute Gasteiger partial charge is 0.238 e. The van der Waals surface area contributed by atoms with Crippen molar-refractivity contribution >= 4 is 27.6 Å². The summed E-state index contributed by atoms with van der Waals surface area (Å²) in [4.78, 5) is 9.36. The summed E-state index contributed by atoms with van der Waals surface area (Å²) in [5, 5.41) is 2.41. The van der Waals surface area contributed by atoms with E-state index in [4.69, 9.17) is 26.0 Å². The molecule has 1 aromatic carbocycles. The zero-order chi connectivity index (χ0) is 25.4. The Balaban J connectivity index is 1.88. The average Bonchev–Trinajstić information content (AvgIpc) is 3.18. The van der Waals surface area contributed by atoms with Crippen LogP contribution in [-0.4, -0.2) is 46.9 Å². The highest BCUT2D eigenvalue weighted by molar-refractivity contribution is 6.08. The number of pyridine rings is 2. The quantitative estimate of drug-likeness (QED) is 0.308. The van der Waals surface area contributed by atoms with Crippen molar-refractivity contribution in [3.05, 3.63) is 71.4 Å². The average molecular weight is 491 g/mol. The minimum atomic E-state index is -0.275. The highest BCUT2D eigenvalue weighted by Crippen LogP contribution is 2.43. The van der Waals surface area contributed by atoms with Gasteiger partial charge in [-0.15, -0.1) is 0 Å². The first-order valence-corrected chi connectivity index (χ1v) is 12.0. The number of nitrogens with two attached hydrogens (primary N) is 2. The molecule has 4 heterocycles. The molecule has 4 aromatic rings. The van der Waals surface area contributed by atoms with E-state index in [0.29, 0.717) is 30.5 Å².